The van der Waals surface area contributed by atoms with Crippen LogP contribution in [0.5, 0.6) is 28.7 Å². The van der Waals surface area contributed by atoms with Crippen molar-refractivity contribution in [3.8, 4) is 28.7 Å². The van der Waals surface area contributed by atoms with Crippen molar-refractivity contribution in [2.75, 3.05) is 21.3 Å². The second-order valence-electron chi connectivity index (χ2n) is 7.39. The van der Waals surface area contributed by atoms with Crippen LogP contribution in [0.3, 0.4) is 0 Å². The number of methoxy groups -OCH3 is 3. The van der Waals surface area contributed by atoms with Crippen LogP contribution in [0.25, 0.3) is 6.08 Å². The van der Waals surface area contributed by atoms with E-state index in [-0.39, 0.29) is 11.5 Å². The lowest BCUT2D eigenvalue weighted by atomic mass is 10.0. The van der Waals surface area contributed by atoms with E-state index in [1.165, 1.54) is 14.2 Å². The summed E-state index contributed by atoms with van der Waals surface area (Å²) >= 11 is 3.43. The molecule has 1 heterocycles. The number of ketones is 1. The number of hydrogen-bond acceptors (Lipinski definition) is 6. The molecule has 3 aromatic rings. The van der Waals surface area contributed by atoms with Gasteiger partial charge in [-0.1, -0.05) is 28.1 Å². The summed E-state index contributed by atoms with van der Waals surface area (Å²) < 4.78 is 29.2. The number of aryl methyl sites for hydroxylation is 1. The second kappa shape index (κ2) is 9.58. The van der Waals surface area contributed by atoms with Crippen molar-refractivity contribution in [3.63, 3.8) is 0 Å². The largest absolute Gasteiger partial charge is 0.493 e. The van der Waals surface area contributed by atoms with E-state index in [1.807, 2.05) is 37.3 Å². The summed E-state index contributed by atoms with van der Waals surface area (Å²) in [4.78, 5) is 13.1. The van der Waals surface area contributed by atoms with E-state index < -0.39 is 0 Å². The van der Waals surface area contributed by atoms with Crippen molar-refractivity contribution in [2.45, 2.75) is 13.5 Å². The summed E-state index contributed by atoms with van der Waals surface area (Å²) in [5.74, 6) is 2.52. The number of carbonyl (C=O) groups is 1. The van der Waals surface area contributed by atoms with Crippen LogP contribution in [-0.4, -0.2) is 27.1 Å². The van der Waals surface area contributed by atoms with Gasteiger partial charge in [0.15, 0.2) is 17.3 Å². The number of allylic oxidation sites excluding steroid dienone is 1. The number of fused-ring (bicyclic) bond motifs is 1. The normalized spacial score (nSPS) is 13.5. The van der Waals surface area contributed by atoms with Gasteiger partial charge in [0, 0.05) is 16.1 Å². The molecule has 0 N–H and O–H groups in total. The van der Waals surface area contributed by atoms with Crippen molar-refractivity contribution in [2.24, 2.45) is 0 Å². The number of carbonyl (C=O) groups excluding carboxylic acids is 1. The lowest BCUT2D eigenvalue weighted by molar-refractivity contribution is 0.101. The molecule has 1 aliphatic rings. The highest BCUT2D eigenvalue weighted by atomic mass is 79.9. The molecule has 0 unspecified atom stereocenters. The SMILES string of the molecule is COc1ccc(/C=C2\Oc3cc(OCc4ccc(Br)cc4)cc(C)c3C2=O)c(OC)c1OC. The standard InChI is InChI=1S/C26H23BrO6/c1-15-11-19(32-14-16-5-8-18(27)9-6-16)13-21-23(15)24(28)22(33-21)12-17-7-10-20(29-2)26(31-4)25(17)30-3/h5-13H,14H2,1-4H3/b22-12-. The molecule has 6 nitrogen and oxygen atoms in total. The smallest absolute Gasteiger partial charge is 0.232 e. The molecule has 0 saturated heterocycles. The van der Waals surface area contributed by atoms with E-state index in [0.29, 0.717) is 46.5 Å². The van der Waals surface area contributed by atoms with Crippen LogP contribution in [0, 0.1) is 6.92 Å². The number of ether oxygens (including phenoxy) is 5. The summed E-state index contributed by atoms with van der Waals surface area (Å²) in [6.45, 7) is 2.28. The predicted molar refractivity (Wildman–Crippen MR) is 129 cm³/mol. The van der Waals surface area contributed by atoms with Crippen molar-refractivity contribution >= 4 is 27.8 Å². The average Bonchev–Trinajstić information content (AvgIpc) is 3.13. The molecular weight excluding hydrogens is 488 g/mol. The van der Waals surface area contributed by atoms with E-state index in [1.54, 1.807) is 31.4 Å². The number of rotatable bonds is 7. The maximum absolute atomic E-state index is 13.1. The summed E-state index contributed by atoms with van der Waals surface area (Å²) in [6, 6.07) is 15.0. The Balaban J connectivity index is 1.61. The summed E-state index contributed by atoms with van der Waals surface area (Å²) in [6.07, 6.45) is 1.64. The maximum Gasteiger partial charge on any atom is 0.232 e. The zero-order valence-corrected chi connectivity index (χ0v) is 20.3. The molecule has 1 aliphatic heterocycles. The number of hydrogen-bond donors (Lipinski definition) is 0. The Morgan fingerprint density at radius 1 is 0.939 bits per heavy atom. The van der Waals surface area contributed by atoms with Crippen LogP contribution in [0.1, 0.15) is 27.0 Å². The third-order valence-corrected chi connectivity index (χ3v) is 5.81. The Bertz CT molecular complexity index is 1230. The van der Waals surface area contributed by atoms with Gasteiger partial charge in [0.05, 0.1) is 26.9 Å². The van der Waals surface area contributed by atoms with E-state index in [2.05, 4.69) is 15.9 Å². The Kier molecular flexibility index (Phi) is 6.60. The first-order valence-electron chi connectivity index (χ1n) is 10.2. The summed E-state index contributed by atoms with van der Waals surface area (Å²) in [7, 11) is 4.61. The van der Waals surface area contributed by atoms with Gasteiger partial charge in [-0.3, -0.25) is 4.79 Å². The molecule has 4 rings (SSSR count). The molecule has 0 radical (unpaired) electrons. The molecule has 33 heavy (non-hydrogen) atoms. The van der Waals surface area contributed by atoms with Gasteiger partial charge in [-0.15, -0.1) is 0 Å². The van der Waals surface area contributed by atoms with Crippen molar-refractivity contribution in [1.29, 1.82) is 0 Å². The van der Waals surface area contributed by atoms with E-state index >= 15 is 0 Å². The molecule has 0 atom stereocenters. The van der Waals surface area contributed by atoms with Gasteiger partial charge in [-0.05, 0) is 54.5 Å². The first-order valence-corrected chi connectivity index (χ1v) is 11.0. The molecule has 0 saturated carbocycles. The van der Waals surface area contributed by atoms with Crippen molar-refractivity contribution in [3.05, 3.63) is 81.0 Å². The lowest BCUT2D eigenvalue weighted by Gasteiger charge is -2.14. The molecule has 0 fully saturated rings. The highest BCUT2D eigenvalue weighted by molar-refractivity contribution is 9.10. The Morgan fingerprint density at radius 2 is 1.67 bits per heavy atom. The fourth-order valence-corrected chi connectivity index (χ4v) is 3.95. The van der Waals surface area contributed by atoms with Crippen LogP contribution < -0.4 is 23.7 Å². The lowest BCUT2D eigenvalue weighted by Crippen LogP contribution is -2.01. The van der Waals surface area contributed by atoms with Gasteiger partial charge in [-0.2, -0.15) is 0 Å². The maximum atomic E-state index is 13.1. The molecule has 0 bridgehead atoms. The number of halogens is 1. The van der Waals surface area contributed by atoms with Crippen LogP contribution in [0.2, 0.25) is 0 Å². The van der Waals surface area contributed by atoms with Crippen LogP contribution in [-0.2, 0) is 6.61 Å². The highest BCUT2D eigenvalue weighted by Gasteiger charge is 2.30. The molecular formula is C26H23BrO6. The summed E-state index contributed by atoms with van der Waals surface area (Å²) in [5, 5.41) is 0. The first-order chi connectivity index (χ1) is 15.9. The van der Waals surface area contributed by atoms with Gasteiger partial charge >= 0.3 is 0 Å². The Hall–Kier alpha value is -3.45. The summed E-state index contributed by atoms with van der Waals surface area (Å²) in [5.41, 5.74) is 2.98. The zero-order valence-electron chi connectivity index (χ0n) is 18.7. The molecule has 0 aromatic heterocycles. The Labute approximate surface area is 200 Å². The van der Waals surface area contributed by atoms with Crippen molar-refractivity contribution in [1.82, 2.24) is 0 Å². The van der Waals surface area contributed by atoms with E-state index in [9.17, 15) is 4.79 Å². The minimum Gasteiger partial charge on any atom is -0.493 e. The average molecular weight is 511 g/mol. The minimum atomic E-state index is -0.196. The molecule has 7 heteroatoms. The predicted octanol–water partition coefficient (Wildman–Crippen LogP) is 5.98. The third kappa shape index (κ3) is 4.54. The molecule has 0 aliphatic carbocycles. The Morgan fingerprint density at radius 3 is 2.33 bits per heavy atom. The van der Waals surface area contributed by atoms with E-state index in [4.69, 9.17) is 23.7 Å². The fourth-order valence-electron chi connectivity index (χ4n) is 3.69. The minimum absolute atomic E-state index is 0.196. The zero-order chi connectivity index (χ0) is 23.5. The molecule has 0 amide bonds. The number of benzene rings is 3. The number of Topliss-reactive ketones (excluding diaryl/α,β-unsaturated/α-hetero) is 1. The van der Waals surface area contributed by atoms with Gasteiger partial charge in [0.25, 0.3) is 0 Å². The topological polar surface area (TPSA) is 63.2 Å². The van der Waals surface area contributed by atoms with Crippen LogP contribution in [0.4, 0.5) is 0 Å². The second-order valence-corrected chi connectivity index (χ2v) is 8.31. The van der Waals surface area contributed by atoms with Gasteiger partial charge < -0.3 is 23.7 Å². The first kappa shape index (κ1) is 22.7. The molecule has 170 valence electrons. The fraction of sp³-hybridized carbons (Fsp3) is 0.192. The molecule has 0 spiro atoms. The van der Waals surface area contributed by atoms with Crippen LogP contribution >= 0.6 is 15.9 Å². The highest BCUT2D eigenvalue weighted by Crippen LogP contribution is 2.42. The quantitative estimate of drug-likeness (QED) is 0.364. The monoisotopic (exact) mass is 510 g/mol. The molecule has 3 aromatic carbocycles. The third-order valence-electron chi connectivity index (χ3n) is 5.28. The van der Waals surface area contributed by atoms with Gasteiger partial charge in [0.1, 0.15) is 18.1 Å². The van der Waals surface area contributed by atoms with E-state index in [0.717, 1.165) is 15.6 Å². The van der Waals surface area contributed by atoms with Crippen LogP contribution in [0.15, 0.2) is 58.8 Å². The van der Waals surface area contributed by atoms with Crippen molar-refractivity contribution < 1.29 is 28.5 Å². The van der Waals surface area contributed by atoms with Gasteiger partial charge in [0.2, 0.25) is 11.5 Å². The van der Waals surface area contributed by atoms with Gasteiger partial charge in [-0.25, -0.2) is 0 Å².